The lowest BCUT2D eigenvalue weighted by Crippen LogP contribution is -2.65. The van der Waals surface area contributed by atoms with Crippen molar-refractivity contribution >= 4 is 5.91 Å². The lowest BCUT2D eigenvalue weighted by Gasteiger charge is -2.45. The predicted octanol–water partition coefficient (Wildman–Crippen LogP) is -0.236. The number of hydrogen-bond acceptors (Lipinski definition) is 4. The van der Waals surface area contributed by atoms with E-state index in [4.69, 9.17) is 5.73 Å². The molecule has 0 aromatic heterocycles. The number of amides is 1. The molecule has 5 heteroatoms. The van der Waals surface area contributed by atoms with Crippen molar-refractivity contribution in [2.75, 3.05) is 39.3 Å². The Labute approximate surface area is 115 Å². The fraction of sp³-hybridized carbons (Fsp3) is 0.929. The van der Waals surface area contributed by atoms with Crippen molar-refractivity contribution in [1.82, 2.24) is 15.1 Å². The van der Waals surface area contributed by atoms with Gasteiger partial charge in [0.1, 0.15) is 5.54 Å². The molecule has 3 fully saturated rings. The average Bonchev–Trinajstić information content (AvgIpc) is 2.61. The van der Waals surface area contributed by atoms with Crippen LogP contribution in [-0.4, -0.2) is 66.6 Å². The number of nitrogens with one attached hydrogen (secondary N) is 1. The normalized spacial score (nSPS) is 37.8. The molecule has 3 aliphatic heterocycles. The van der Waals surface area contributed by atoms with Gasteiger partial charge in [-0.05, 0) is 38.8 Å². The van der Waals surface area contributed by atoms with Crippen LogP contribution in [0.25, 0.3) is 0 Å². The van der Waals surface area contributed by atoms with Crippen molar-refractivity contribution in [3.05, 3.63) is 0 Å². The fourth-order valence-electron chi connectivity index (χ4n) is 4.34. The number of piperidine rings is 1. The monoisotopic (exact) mass is 266 g/mol. The second kappa shape index (κ2) is 5.38. The zero-order valence-electron chi connectivity index (χ0n) is 11.7. The van der Waals surface area contributed by atoms with Gasteiger partial charge < -0.3 is 11.1 Å². The van der Waals surface area contributed by atoms with E-state index in [9.17, 15) is 4.79 Å². The molecule has 3 N–H and O–H groups in total. The summed E-state index contributed by atoms with van der Waals surface area (Å²) in [5, 5.41) is 3.42. The first-order valence-corrected chi connectivity index (χ1v) is 7.75. The summed E-state index contributed by atoms with van der Waals surface area (Å²) in [6.07, 6.45) is 5.68. The molecule has 3 rings (SSSR count). The van der Waals surface area contributed by atoms with E-state index in [0.717, 1.165) is 58.5 Å². The Morgan fingerprint density at radius 3 is 2.84 bits per heavy atom. The van der Waals surface area contributed by atoms with E-state index >= 15 is 0 Å². The molecule has 0 aromatic rings. The van der Waals surface area contributed by atoms with E-state index in [1.54, 1.807) is 0 Å². The van der Waals surface area contributed by atoms with Gasteiger partial charge in [-0.25, -0.2) is 0 Å². The largest absolute Gasteiger partial charge is 0.368 e. The zero-order chi connectivity index (χ0) is 13.3. The SMILES string of the molecule is NC(=O)C1(N2CCCNCC2)CCN2CCCCC21. The summed E-state index contributed by atoms with van der Waals surface area (Å²) < 4.78 is 0. The number of nitrogens with zero attached hydrogens (tertiary/aromatic N) is 2. The molecule has 2 unspecified atom stereocenters. The van der Waals surface area contributed by atoms with Crippen LogP contribution in [0.4, 0.5) is 0 Å². The Morgan fingerprint density at radius 2 is 2.00 bits per heavy atom. The molecule has 3 heterocycles. The molecule has 3 aliphatic rings. The predicted molar refractivity (Wildman–Crippen MR) is 74.8 cm³/mol. The number of carbonyl (C=O) groups is 1. The van der Waals surface area contributed by atoms with Gasteiger partial charge in [0.25, 0.3) is 0 Å². The van der Waals surface area contributed by atoms with Gasteiger partial charge in [-0.2, -0.15) is 0 Å². The average molecular weight is 266 g/mol. The second-order valence-corrected chi connectivity index (χ2v) is 6.18. The molecule has 0 aromatic carbocycles. The summed E-state index contributed by atoms with van der Waals surface area (Å²) >= 11 is 0. The highest BCUT2D eigenvalue weighted by Gasteiger charge is 2.55. The van der Waals surface area contributed by atoms with Crippen LogP contribution in [-0.2, 0) is 4.79 Å². The summed E-state index contributed by atoms with van der Waals surface area (Å²) in [5.74, 6) is -0.0937. The molecule has 0 radical (unpaired) electrons. The van der Waals surface area contributed by atoms with E-state index in [1.165, 1.54) is 12.8 Å². The van der Waals surface area contributed by atoms with Crippen molar-refractivity contribution in [3.63, 3.8) is 0 Å². The van der Waals surface area contributed by atoms with Gasteiger partial charge in [-0.1, -0.05) is 6.42 Å². The standard InChI is InChI=1S/C14H26N4O/c15-13(19)14(18-9-3-6-16-7-11-18)5-10-17-8-2-1-4-12(14)17/h12,16H,1-11H2,(H2,15,19). The molecular formula is C14H26N4O. The van der Waals surface area contributed by atoms with Crippen LogP contribution >= 0.6 is 0 Å². The summed E-state index contributed by atoms with van der Waals surface area (Å²) in [5.41, 5.74) is 5.50. The summed E-state index contributed by atoms with van der Waals surface area (Å²) in [7, 11) is 0. The maximum Gasteiger partial charge on any atom is 0.239 e. The van der Waals surface area contributed by atoms with Gasteiger partial charge in [0, 0.05) is 32.2 Å². The third kappa shape index (κ3) is 2.18. The van der Waals surface area contributed by atoms with Crippen molar-refractivity contribution in [3.8, 4) is 0 Å². The van der Waals surface area contributed by atoms with Gasteiger partial charge in [-0.3, -0.25) is 14.6 Å². The van der Waals surface area contributed by atoms with Crippen LogP contribution in [0.2, 0.25) is 0 Å². The summed E-state index contributed by atoms with van der Waals surface area (Å²) in [4.78, 5) is 17.2. The highest BCUT2D eigenvalue weighted by molar-refractivity contribution is 5.86. The third-order valence-corrected chi connectivity index (χ3v) is 5.28. The lowest BCUT2D eigenvalue weighted by atomic mass is 9.83. The number of nitrogens with two attached hydrogens (primary N) is 1. The molecule has 0 aliphatic carbocycles. The highest BCUT2D eigenvalue weighted by atomic mass is 16.1. The first-order valence-electron chi connectivity index (χ1n) is 7.75. The summed E-state index contributed by atoms with van der Waals surface area (Å²) in [6.45, 7) is 6.17. The molecule has 1 amide bonds. The molecule has 19 heavy (non-hydrogen) atoms. The van der Waals surface area contributed by atoms with Gasteiger partial charge in [0.15, 0.2) is 0 Å². The number of carbonyl (C=O) groups excluding carboxylic acids is 1. The van der Waals surface area contributed by atoms with Crippen LogP contribution in [0.15, 0.2) is 0 Å². The maximum atomic E-state index is 12.3. The van der Waals surface area contributed by atoms with Crippen molar-refractivity contribution in [2.45, 2.75) is 43.7 Å². The topological polar surface area (TPSA) is 61.6 Å². The van der Waals surface area contributed by atoms with E-state index < -0.39 is 5.54 Å². The molecule has 2 atom stereocenters. The van der Waals surface area contributed by atoms with Crippen LogP contribution in [0.3, 0.4) is 0 Å². The fourth-order valence-corrected chi connectivity index (χ4v) is 4.34. The molecule has 0 spiro atoms. The smallest absolute Gasteiger partial charge is 0.239 e. The molecule has 0 bridgehead atoms. The van der Waals surface area contributed by atoms with E-state index in [0.29, 0.717) is 6.04 Å². The Hall–Kier alpha value is -0.650. The van der Waals surface area contributed by atoms with Gasteiger partial charge in [-0.15, -0.1) is 0 Å². The maximum absolute atomic E-state index is 12.3. The zero-order valence-corrected chi connectivity index (χ0v) is 11.7. The van der Waals surface area contributed by atoms with Gasteiger partial charge in [0.05, 0.1) is 0 Å². The minimum Gasteiger partial charge on any atom is -0.368 e. The number of fused-ring (bicyclic) bond motifs is 1. The first kappa shape index (κ1) is 13.3. The Morgan fingerprint density at radius 1 is 1.11 bits per heavy atom. The van der Waals surface area contributed by atoms with Gasteiger partial charge >= 0.3 is 0 Å². The highest BCUT2D eigenvalue weighted by Crippen LogP contribution is 2.39. The lowest BCUT2D eigenvalue weighted by molar-refractivity contribution is -0.132. The minimum absolute atomic E-state index is 0.0937. The van der Waals surface area contributed by atoms with E-state index in [-0.39, 0.29) is 5.91 Å². The quantitative estimate of drug-likeness (QED) is 0.724. The van der Waals surface area contributed by atoms with Crippen LogP contribution in [0.1, 0.15) is 32.1 Å². The Bertz CT molecular complexity index is 340. The van der Waals surface area contributed by atoms with Crippen molar-refractivity contribution in [2.24, 2.45) is 5.73 Å². The molecule has 3 saturated heterocycles. The number of rotatable bonds is 2. The van der Waals surface area contributed by atoms with E-state index in [2.05, 4.69) is 15.1 Å². The number of hydrogen-bond donors (Lipinski definition) is 2. The van der Waals surface area contributed by atoms with Gasteiger partial charge in [0.2, 0.25) is 5.91 Å². The summed E-state index contributed by atoms with van der Waals surface area (Å²) in [6, 6.07) is 0.358. The minimum atomic E-state index is -0.396. The second-order valence-electron chi connectivity index (χ2n) is 6.18. The van der Waals surface area contributed by atoms with E-state index in [1.807, 2.05) is 0 Å². The molecule has 108 valence electrons. The Balaban J connectivity index is 1.87. The molecule has 0 saturated carbocycles. The van der Waals surface area contributed by atoms with Crippen LogP contribution < -0.4 is 11.1 Å². The molecule has 5 nitrogen and oxygen atoms in total. The van der Waals surface area contributed by atoms with Crippen LogP contribution in [0.5, 0.6) is 0 Å². The first-order chi connectivity index (χ1) is 9.25. The Kier molecular flexibility index (Phi) is 3.78. The van der Waals surface area contributed by atoms with Crippen LogP contribution in [0, 0.1) is 0 Å². The van der Waals surface area contributed by atoms with Crippen molar-refractivity contribution in [1.29, 1.82) is 0 Å². The van der Waals surface area contributed by atoms with Crippen molar-refractivity contribution < 1.29 is 4.79 Å². The third-order valence-electron chi connectivity index (χ3n) is 5.28. The number of primary amides is 1. The molecular weight excluding hydrogens is 240 g/mol.